The summed E-state index contributed by atoms with van der Waals surface area (Å²) in [6.45, 7) is 0. The van der Waals surface area contributed by atoms with Crippen molar-refractivity contribution >= 4 is 39.3 Å². The van der Waals surface area contributed by atoms with Gasteiger partial charge in [-0.1, -0.05) is 109 Å². The molecular weight excluding hydrogens is 675 g/mol. The minimum Gasteiger partial charge on any atom is -0.436 e. The molecule has 0 radical (unpaired) electrons. The Hall–Kier alpha value is -7.50. The topological polar surface area (TPSA) is 55.3 Å². The second kappa shape index (κ2) is 13.8. The van der Waals surface area contributed by atoms with Crippen molar-refractivity contribution in [2.24, 2.45) is 0 Å². The van der Waals surface area contributed by atoms with E-state index in [1.165, 1.54) is 22.3 Å². The molecule has 55 heavy (non-hydrogen) atoms. The normalized spacial score (nSPS) is 11.3. The van der Waals surface area contributed by atoms with Gasteiger partial charge in [-0.25, -0.2) is 9.97 Å². The maximum absolute atomic E-state index is 6.09. The highest BCUT2D eigenvalue weighted by Crippen LogP contribution is 2.40. The monoisotopic (exact) mass is 707 g/mol. The lowest BCUT2D eigenvalue weighted by molar-refractivity contribution is 0.619. The summed E-state index contributed by atoms with van der Waals surface area (Å²) in [6.07, 6.45) is 0. The SMILES string of the molecule is c1ccc(-c2ccc(-c3ccc(N(c4ccc(-c5nc6ccccc6o5)cc4)c4ccc(-c5nc6ccccc6o5)cc4)cc3)cc2-c2ccccc2)cc1. The van der Waals surface area contributed by atoms with Crippen LogP contribution in [0.4, 0.5) is 17.1 Å². The molecule has 10 aromatic rings. The number of nitrogens with zero attached hydrogens (tertiary/aromatic N) is 3. The summed E-state index contributed by atoms with van der Waals surface area (Å²) < 4.78 is 12.2. The van der Waals surface area contributed by atoms with Gasteiger partial charge in [0, 0.05) is 28.2 Å². The van der Waals surface area contributed by atoms with E-state index in [4.69, 9.17) is 18.8 Å². The van der Waals surface area contributed by atoms with E-state index in [1.807, 2.05) is 48.5 Å². The highest BCUT2D eigenvalue weighted by Gasteiger charge is 2.17. The third-order valence-electron chi connectivity index (χ3n) is 9.98. The molecule has 0 fully saturated rings. The molecule has 260 valence electrons. The van der Waals surface area contributed by atoms with Crippen molar-refractivity contribution in [1.82, 2.24) is 9.97 Å². The maximum atomic E-state index is 6.09. The number of hydrogen-bond acceptors (Lipinski definition) is 5. The fourth-order valence-corrected chi connectivity index (χ4v) is 7.20. The average molecular weight is 708 g/mol. The van der Waals surface area contributed by atoms with Crippen LogP contribution < -0.4 is 4.90 Å². The first kappa shape index (κ1) is 32.2. The van der Waals surface area contributed by atoms with Crippen molar-refractivity contribution < 1.29 is 8.83 Å². The molecule has 0 bridgehead atoms. The minimum absolute atomic E-state index is 0.597. The molecule has 0 saturated carbocycles. The Morgan fingerprint density at radius 1 is 0.309 bits per heavy atom. The quantitative estimate of drug-likeness (QED) is 0.157. The third kappa shape index (κ3) is 6.24. The molecule has 0 spiro atoms. The third-order valence-corrected chi connectivity index (χ3v) is 9.98. The summed E-state index contributed by atoms with van der Waals surface area (Å²) in [5.74, 6) is 1.19. The molecule has 0 aliphatic heterocycles. The summed E-state index contributed by atoms with van der Waals surface area (Å²) in [7, 11) is 0. The van der Waals surface area contributed by atoms with Gasteiger partial charge in [0.05, 0.1) is 0 Å². The predicted octanol–water partition coefficient (Wildman–Crippen LogP) is 13.8. The van der Waals surface area contributed by atoms with E-state index < -0.39 is 0 Å². The van der Waals surface area contributed by atoms with Gasteiger partial charge < -0.3 is 13.7 Å². The molecule has 5 heteroatoms. The molecule has 0 aliphatic carbocycles. The van der Waals surface area contributed by atoms with Crippen molar-refractivity contribution in [2.75, 3.05) is 4.90 Å². The highest BCUT2D eigenvalue weighted by atomic mass is 16.4. The van der Waals surface area contributed by atoms with Crippen molar-refractivity contribution in [3.05, 3.63) is 200 Å². The first-order valence-corrected chi connectivity index (χ1v) is 18.3. The lowest BCUT2D eigenvalue weighted by Crippen LogP contribution is -2.09. The number of oxazole rings is 2. The molecule has 0 N–H and O–H groups in total. The standard InChI is InChI=1S/C50H33N3O2/c1-3-11-35(12-4-1)43-32-25-39(33-44(43)36-13-5-2-6-14-36)34-19-26-40(27-20-34)53(41-28-21-37(22-29-41)49-51-45-15-7-9-17-47(45)54-49)42-30-23-38(24-31-42)50-52-46-16-8-10-18-48(46)55-50/h1-33H. The molecule has 0 unspecified atom stereocenters. The zero-order valence-electron chi connectivity index (χ0n) is 29.7. The minimum atomic E-state index is 0.597. The van der Waals surface area contributed by atoms with Crippen LogP contribution in [0.2, 0.25) is 0 Å². The van der Waals surface area contributed by atoms with Crippen LogP contribution in [0, 0.1) is 0 Å². The smallest absolute Gasteiger partial charge is 0.227 e. The maximum Gasteiger partial charge on any atom is 0.227 e. The van der Waals surface area contributed by atoms with Gasteiger partial charge in [0.25, 0.3) is 0 Å². The van der Waals surface area contributed by atoms with Gasteiger partial charge in [-0.05, 0) is 124 Å². The fraction of sp³-hybridized carbons (Fsp3) is 0. The summed E-state index contributed by atoms with van der Waals surface area (Å²) in [5.41, 5.74) is 15.2. The van der Waals surface area contributed by atoms with Gasteiger partial charge in [0.15, 0.2) is 11.2 Å². The second-order valence-electron chi connectivity index (χ2n) is 13.4. The van der Waals surface area contributed by atoms with E-state index in [1.54, 1.807) is 0 Å². The zero-order chi connectivity index (χ0) is 36.6. The van der Waals surface area contributed by atoms with Crippen LogP contribution in [0.15, 0.2) is 209 Å². The van der Waals surface area contributed by atoms with E-state index in [2.05, 4.69) is 157 Å². The van der Waals surface area contributed by atoms with Crippen LogP contribution in [-0.2, 0) is 0 Å². The number of fused-ring (bicyclic) bond motifs is 2. The van der Waals surface area contributed by atoms with Crippen LogP contribution in [0.5, 0.6) is 0 Å². The Balaban J connectivity index is 1.02. The first-order valence-electron chi connectivity index (χ1n) is 18.3. The van der Waals surface area contributed by atoms with E-state index in [0.29, 0.717) is 11.8 Å². The van der Waals surface area contributed by atoms with Crippen LogP contribution in [0.25, 0.3) is 78.5 Å². The molecule has 5 nitrogen and oxygen atoms in total. The van der Waals surface area contributed by atoms with Crippen LogP contribution in [0.3, 0.4) is 0 Å². The molecule has 8 aromatic carbocycles. The second-order valence-corrected chi connectivity index (χ2v) is 13.4. The Morgan fingerprint density at radius 2 is 0.709 bits per heavy atom. The van der Waals surface area contributed by atoms with E-state index in [9.17, 15) is 0 Å². The van der Waals surface area contributed by atoms with Gasteiger partial charge in [0.2, 0.25) is 11.8 Å². The highest BCUT2D eigenvalue weighted by molar-refractivity contribution is 5.88. The lowest BCUT2D eigenvalue weighted by atomic mass is 9.91. The van der Waals surface area contributed by atoms with Crippen molar-refractivity contribution in [2.45, 2.75) is 0 Å². The molecular formula is C50H33N3O2. The molecule has 10 rings (SSSR count). The Morgan fingerprint density at radius 3 is 1.18 bits per heavy atom. The van der Waals surface area contributed by atoms with Gasteiger partial charge in [-0.3, -0.25) is 0 Å². The summed E-state index contributed by atoms with van der Waals surface area (Å²) in [5, 5.41) is 0. The number of anilines is 3. The Bertz CT molecular complexity index is 2710. The lowest BCUT2D eigenvalue weighted by Gasteiger charge is -2.26. The zero-order valence-corrected chi connectivity index (χ0v) is 29.7. The molecule has 2 aromatic heterocycles. The number of aromatic nitrogens is 2. The molecule has 0 atom stereocenters. The molecule has 0 aliphatic rings. The van der Waals surface area contributed by atoms with Crippen LogP contribution >= 0.6 is 0 Å². The predicted molar refractivity (Wildman–Crippen MR) is 223 cm³/mol. The van der Waals surface area contributed by atoms with Gasteiger partial charge in [-0.15, -0.1) is 0 Å². The fourth-order valence-electron chi connectivity index (χ4n) is 7.20. The number of benzene rings is 8. The van der Waals surface area contributed by atoms with Crippen LogP contribution in [0.1, 0.15) is 0 Å². The number of para-hydroxylation sites is 4. The van der Waals surface area contributed by atoms with Gasteiger partial charge in [-0.2, -0.15) is 0 Å². The molecule has 0 amide bonds. The van der Waals surface area contributed by atoms with Gasteiger partial charge >= 0.3 is 0 Å². The number of hydrogen-bond donors (Lipinski definition) is 0. The van der Waals surface area contributed by atoms with E-state index in [-0.39, 0.29) is 0 Å². The van der Waals surface area contributed by atoms with E-state index >= 15 is 0 Å². The number of rotatable bonds is 8. The summed E-state index contributed by atoms with van der Waals surface area (Å²) in [4.78, 5) is 11.7. The summed E-state index contributed by atoms with van der Waals surface area (Å²) in [6, 6.07) is 69.1. The summed E-state index contributed by atoms with van der Waals surface area (Å²) >= 11 is 0. The van der Waals surface area contributed by atoms with Crippen molar-refractivity contribution in [1.29, 1.82) is 0 Å². The Kier molecular flexibility index (Phi) is 8.08. The van der Waals surface area contributed by atoms with Gasteiger partial charge in [0.1, 0.15) is 11.0 Å². The Labute approximate surface area is 318 Å². The van der Waals surface area contributed by atoms with Crippen LogP contribution in [-0.4, -0.2) is 9.97 Å². The van der Waals surface area contributed by atoms with E-state index in [0.717, 1.165) is 61.5 Å². The average Bonchev–Trinajstić information content (AvgIpc) is 3.90. The largest absolute Gasteiger partial charge is 0.436 e. The molecule has 2 heterocycles. The molecule has 0 saturated heterocycles. The van der Waals surface area contributed by atoms with Crippen molar-refractivity contribution in [3.8, 4) is 56.3 Å². The first-order chi connectivity index (χ1) is 27.2. The van der Waals surface area contributed by atoms with Crippen molar-refractivity contribution in [3.63, 3.8) is 0 Å².